The maximum absolute atomic E-state index is 12.8. The zero-order valence-electron chi connectivity index (χ0n) is 14.5. The quantitative estimate of drug-likeness (QED) is 0.877. The van der Waals surface area contributed by atoms with E-state index in [1.165, 1.54) is 6.07 Å². The number of nitrogens with zero attached hydrogens (tertiary/aromatic N) is 5. The smallest absolute Gasteiger partial charge is 0.393 e. The van der Waals surface area contributed by atoms with E-state index in [0.717, 1.165) is 31.1 Å². The number of alkyl halides is 3. The summed E-state index contributed by atoms with van der Waals surface area (Å²) in [6, 6.07) is 4.01. The van der Waals surface area contributed by atoms with Crippen LogP contribution in [0.2, 0.25) is 0 Å². The van der Waals surface area contributed by atoms with Gasteiger partial charge in [0, 0.05) is 32.3 Å². The third-order valence-corrected chi connectivity index (χ3v) is 4.50. The van der Waals surface area contributed by atoms with Crippen molar-refractivity contribution in [3.63, 3.8) is 0 Å². The number of hydrogen-bond acceptors (Lipinski definition) is 5. The summed E-state index contributed by atoms with van der Waals surface area (Å²) in [6.07, 6.45) is -0.867. The molecule has 1 saturated heterocycles. The molecule has 6 nitrogen and oxygen atoms in total. The fourth-order valence-corrected chi connectivity index (χ4v) is 3.19. The molecule has 0 amide bonds. The van der Waals surface area contributed by atoms with Crippen molar-refractivity contribution in [1.82, 2.24) is 20.0 Å². The van der Waals surface area contributed by atoms with Gasteiger partial charge in [0.05, 0.1) is 11.8 Å². The number of rotatable bonds is 5. The normalized spacial score (nSPS) is 17.5. The van der Waals surface area contributed by atoms with Gasteiger partial charge in [0.2, 0.25) is 0 Å². The van der Waals surface area contributed by atoms with E-state index in [-0.39, 0.29) is 0 Å². The first kappa shape index (κ1) is 18.6. The second kappa shape index (κ2) is 7.61. The second-order valence-electron chi connectivity index (χ2n) is 6.79. The molecule has 0 unspecified atom stereocenters. The van der Waals surface area contributed by atoms with Crippen molar-refractivity contribution in [2.24, 2.45) is 5.92 Å². The molecule has 0 aromatic carbocycles. The first-order chi connectivity index (χ1) is 12.3. The molecule has 26 heavy (non-hydrogen) atoms. The number of aliphatic hydroxyl groups excluding tert-OH is 1. The van der Waals surface area contributed by atoms with E-state index in [9.17, 15) is 18.3 Å². The molecule has 3 heterocycles. The Kier molecular flexibility index (Phi) is 5.45. The molecule has 1 N–H and O–H groups in total. The molecule has 3 rings (SSSR count). The lowest BCUT2D eigenvalue weighted by Gasteiger charge is -2.32. The van der Waals surface area contributed by atoms with Crippen LogP contribution < -0.4 is 4.90 Å². The van der Waals surface area contributed by atoms with Gasteiger partial charge in [-0.2, -0.15) is 13.2 Å². The number of aromatic nitrogens is 4. The minimum Gasteiger partial charge on any atom is -0.393 e. The number of hydrogen-bond donors (Lipinski definition) is 1. The Morgan fingerprint density at radius 2 is 2.00 bits per heavy atom. The number of piperidine rings is 1. The Labute approximate surface area is 149 Å². The van der Waals surface area contributed by atoms with Crippen LogP contribution in [0.15, 0.2) is 24.4 Å². The Hall–Kier alpha value is -2.16. The van der Waals surface area contributed by atoms with Crippen LogP contribution in [0.25, 0.3) is 0 Å². The summed E-state index contributed by atoms with van der Waals surface area (Å²) in [5.74, 6) is 0.761. The zero-order valence-corrected chi connectivity index (χ0v) is 14.5. The second-order valence-corrected chi connectivity index (χ2v) is 6.79. The van der Waals surface area contributed by atoms with Crippen molar-refractivity contribution in [3.8, 4) is 0 Å². The predicted octanol–water partition coefficient (Wildman–Crippen LogP) is 2.53. The van der Waals surface area contributed by atoms with Crippen molar-refractivity contribution < 1.29 is 18.3 Å². The van der Waals surface area contributed by atoms with Gasteiger partial charge < -0.3 is 10.0 Å². The van der Waals surface area contributed by atoms with E-state index in [1.54, 1.807) is 17.7 Å². The Morgan fingerprint density at radius 3 is 2.65 bits per heavy atom. The van der Waals surface area contributed by atoms with E-state index >= 15 is 0 Å². The first-order valence-corrected chi connectivity index (χ1v) is 8.67. The van der Waals surface area contributed by atoms with Gasteiger partial charge in [-0.15, -0.1) is 5.10 Å². The van der Waals surface area contributed by atoms with Crippen molar-refractivity contribution in [3.05, 3.63) is 35.8 Å². The maximum atomic E-state index is 12.8. The van der Waals surface area contributed by atoms with Gasteiger partial charge in [0.15, 0.2) is 0 Å². The molecule has 0 radical (unpaired) electrons. The third kappa shape index (κ3) is 4.72. The zero-order chi connectivity index (χ0) is 18.7. The van der Waals surface area contributed by atoms with Crippen LogP contribution >= 0.6 is 0 Å². The summed E-state index contributed by atoms with van der Waals surface area (Å²) >= 11 is 0. The number of halogens is 3. The predicted molar refractivity (Wildman–Crippen MR) is 89.6 cm³/mol. The number of pyridine rings is 1. The SMILES string of the molecule is C[C@H](O)Cc1cn(CC2CCN(c3cccc(C(F)(F)F)n3)CC2)nn1. The summed E-state index contributed by atoms with van der Waals surface area (Å²) in [6.45, 7) is 3.75. The standard InChI is InChI=1S/C17H22F3N5O/c1-12(26)9-14-11-25(23-22-14)10-13-5-7-24(8-6-13)16-4-2-3-15(21-16)17(18,19)20/h2-4,11-13,26H,5-10H2,1H3/t12-/m0/s1. The molecular formula is C17H22F3N5O. The lowest BCUT2D eigenvalue weighted by molar-refractivity contribution is -0.141. The van der Waals surface area contributed by atoms with E-state index < -0.39 is 18.0 Å². The van der Waals surface area contributed by atoms with Gasteiger partial charge in [-0.1, -0.05) is 11.3 Å². The molecule has 0 saturated carbocycles. The molecule has 1 fully saturated rings. The summed E-state index contributed by atoms with van der Waals surface area (Å²) in [7, 11) is 0. The highest BCUT2D eigenvalue weighted by atomic mass is 19.4. The van der Waals surface area contributed by atoms with Gasteiger partial charge in [-0.25, -0.2) is 4.98 Å². The van der Waals surface area contributed by atoms with Gasteiger partial charge in [0.1, 0.15) is 11.5 Å². The van der Waals surface area contributed by atoms with E-state index in [0.29, 0.717) is 31.2 Å². The molecule has 1 aliphatic rings. The molecule has 0 spiro atoms. The van der Waals surface area contributed by atoms with Gasteiger partial charge in [-0.05, 0) is 37.8 Å². The molecule has 2 aromatic rings. The summed E-state index contributed by atoms with van der Waals surface area (Å²) in [5, 5.41) is 17.5. The summed E-state index contributed by atoms with van der Waals surface area (Å²) in [5.41, 5.74) is -0.101. The molecule has 9 heteroatoms. The first-order valence-electron chi connectivity index (χ1n) is 8.67. The van der Waals surface area contributed by atoms with Crippen LogP contribution in [-0.4, -0.2) is 44.3 Å². The Bertz CT molecular complexity index is 723. The van der Waals surface area contributed by atoms with Crippen LogP contribution in [0.4, 0.5) is 19.0 Å². The molecular weight excluding hydrogens is 347 g/mol. The summed E-state index contributed by atoms with van der Waals surface area (Å²) in [4.78, 5) is 5.65. The minimum absolute atomic E-state index is 0.373. The van der Waals surface area contributed by atoms with Crippen LogP contribution in [0.5, 0.6) is 0 Å². The van der Waals surface area contributed by atoms with Crippen molar-refractivity contribution in [2.45, 2.75) is 45.0 Å². The van der Waals surface area contributed by atoms with Gasteiger partial charge in [0.25, 0.3) is 0 Å². The fourth-order valence-electron chi connectivity index (χ4n) is 3.19. The van der Waals surface area contributed by atoms with Crippen molar-refractivity contribution in [2.75, 3.05) is 18.0 Å². The van der Waals surface area contributed by atoms with Gasteiger partial charge >= 0.3 is 6.18 Å². The van der Waals surface area contributed by atoms with Crippen LogP contribution in [0.3, 0.4) is 0 Å². The average molecular weight is 369 g/mol. The Balaban J connectivity index is 1.55. The number of aliphatic hydroxyl groups is 1. The topological polar surface area (TPSA) is 67.1 Å². The van der Waals surface area contributed by atoms with Crippen LogP contribution in [0, 0.1) is 5.92 Å². The molecule has 0 bridgehead atoms. The van der Waals surface area contributed by atoms with Crippen molar-refractivity contribution in [1.29, 1.82) is 0 Å². The average Bonchev–Trinajstić information content (AvgIpc) is 3.01. The maximum Gasteiger partial charge on any atom is 0.433 e. The lowest BCUT2D eigenvalue weighted by atomic mass is 9.97. The molecule has 1 atom stereocenters. The van der Waals surface area contributed by atoms with E-state index in [1.807, 2.05) is 11.1 Å². The Morgan fingerprint density at radius 1 is 1.27 bits per heavy atom. The lowest BCUT2D eigenvalue weighted by Crippen LogP contribution is -2.35. The van der Waals surface area contributed by atoms with Crippen molar-refractivity contribution >= 4 is 5.82 Å². The highest BCUT2D eigenvalue weighted by molar-refractivity contribution is 5.40. The van der Waals surface area contributed by atoms with Crippen LogP contribution in [0.1, 0.15) is 31.2 Å². The summed E-state index contributed by atoms with van der Waals surface area (Å²) < 4.78 is 40.2. The molecule has 2 aromatic heterocycles. The number of anilines is 1. The monoisotopic (exact) mass is 369 g/mol. The molecule has 1 aliphatic heterocycles. The fraction of sp³-hybridized carbons (Fsp3) is 0.588. The minimum atomic E-state index is -4.43. The third-order valence-electron chi connectivity index (χ3n) is 4.50. The molecule has 142 valence electrons. The van der Waals surface area contributed by atoms with Crippen LogP contribution in [-0.2, 0) is 19.1 Å². The highest BCUT2D eigenvalue weighted by Crippen LogP contribution is 2.30. The van der Waals surface area contributed by atoms with E-state index in [4.69, 9.17) is 0 Å². The van der Waals surface area contributed by atoms with Gasteiger partial charge in [-0.3, -0.25) is 4.68 Å². The highest BCUT2D eigenvalue weighted by Gasteiger charge is 2.33. The van der Waals surface area contributed by atoms with E-state index in [2.05, 4.69) is 15.3 Å². The largest absolute Gasteiger partial charge is 0.433 e. The molecule has 0 aliphatic carbocycles.